The minimum absolute atomic E-state index is 0.0249. The van der Waals surface area contributed by atoms with E-state index in [1.54, 1.807) is 12.1 Å². The van der Waals surface area contributed by atoms with Crippen LogP contribution >= 0.6 is 21.6 Å². The highest BCUT2D eigenvalue weighted by Gasteiger charge is 2.01. The molecular formula is C12H15NO2S2. The van der Waals surface area contributed by atoms with E-state index in [2.05, 4.69) is 12.2 Å². The van der Waals surface area contributed by atoms with Crippen LogP contribution in [0, 0.1) is 0 Å². The van der Waals surface area contributed by atoms with Crippen LogP contribution in [0.2, 0.25) is 0 Å². The molecule has 0 saturated heterocycles. The molecular weight excluding hydrogens is 254 g/mol. The van der Waals surface area contributed by atoms with Crippen molar-refractivity contribution in [3.05, 3.63) is 41.5 Å². The van der Waals surface area contributed by atoms with Gasteiger partial charge in [0, 0.05) is 11.4 Å². The second-order valence-electron chi connectivity index (χ2n) is 3.24. The summed E-state index contributed by atoms with van der Waals surface area (Å²) in [6, 6.07) is 9.14. The van der Waals surface area contributed by atoms with Crippen LogP contribution in [-0.2, 0) is 4.79 Å². The van der Waals surface area contributed by atoms with Gasteiger partial charge in [0.25, 0.3) is 5.91 Å². The number of amides is 1. The molecule has 1 rings (SSSR count). The van der Waals surface area contributed by atoms with E-state index >= 15 is 0 Å². The number of para-hydroxylation sites is 1. The number of aliphatic hydroxyl groups is 1. The van der Waals surface area contributed by atoms with E-state index in [9.17, 15) is 9.90 Å². The van der Waals surface area contributed by atoms with E-state index in [0.717, 1.165) is 12.2 Å². The topological polar surface area (TPSA) is 49.3 Å². The Labute approximate surface area is 109 Å². The first-order valence-corrected chi connectivity index (χ1v) is 7.60. The second-order valence-corrected chi connectivity index (χ2v) is 5.68. The third-order valence-corrected chi connectivity index (χ3v) is 4.07. The predicted molar refractivity (Wildman–Crippen MR) is 76.1 cm³/mol. The van der Waals surface area contributed by atoms with Crippen molar-refractivity contribution in [1.82, 2.24) is 0 Å². The molecule has 0 aliphatic heterocycles. The predicted octanol–water partition coefficient (Wildman–Crippen LogP) is 3.82. The van der Waals surface area contributed by atoms with Gasteiger partial charge in [0.1, 0.15) is 0 Å². The Hall–Kier alpha value is -1.07. The van der Waals surface area contributed by atoms with Gasteiger partial charge in [-0.1, -0.05) is 35.9 Å². The smallest absolute Gasteiger partial charge is 0.252 e. The van der Waals surface area contributed by atoms with Crippen LogP contribution in [-0.4, -0.2) is 16.8 Å². The number of carbonyl (C=O) groups excluding carboxylic acids is 1. The molecule has 92 valence electrons. The molecule has 2 N–H and O–H groups in total. The maximum atomic E-state index is 11.5. The van der Waals surface area contributed by atoms with E-state index in [1.807, 2.05) is 18.2 Å². The van der Waals surface area contributed by atoms with Gasteiger partial charge < -0.3 is 10.4 Å². The molecule has 0 aromatic heterocycles. The number of hydrogen-bond acceptors (Lipinski definition) is 4. The fourth-order valence-corrected chi connectivity index (χ4v) is 2.80. The molecule has 0 heterocycles. The van der Waals surface area contributed by atoms with Crippen molar-refractivity contribution >= 4 is 33.2 Å². The molecule has 3 nitrogen and oxygen atoms in total. The number of benzene rings is 1. The van der Waals surface area contributed by atoms with Crippen LogP contribution in [0.5, 0.6) is 0 Å². The summed E-state index contributed by atoms with van der Waals surface area (Å²) < 4.78 is 0. The molecule has 0 spiro atoms. The molecule has 1 aromatic rings. The molecule has 0 aliphatic carbocycles. The lowest BCUT2D eigenvalue weighted by Crippen LogP contribution is -2.08. The van der Waals surface area contributed by atoms with Crippen molar-refractivity contribution in [2.24, 2.45) is 0 Å². The first-order valence-electron chi connectivity index (χ1n) is 5.28. The van der Waals surface area contributed by atoms with Gasteiger partial charge in [0.15, 0.2) is 5.09 Å². The molecule has 0 saturated carbocycles. The van der Waals surface area contributed by atoms with Gasteiger partial charge in [-0.2, -0.15) is 0 Å². The highest BCUT2D eigenvalue weighted by molar-refractivity contribution is 8.78. The number of nitrogens with one attached hydrogen (secondary N) is 1. The quantitative estimate of drug-likeness (QED) is 0.357. The van der Waals surface area contributed by atoms with Crippen molar-refractivity contribution in [2.45, 2.75) is 13.3 Å². The minimum Gasteiger partial charge on any atom is -0.501 e. The zero-order valence-electron chi connectivity index (χ0n) is 9.55. The fourth-order valence-electron chi connectivity index (χ4n) is 1.02. The summed E-state index contributed by atoms with van der Waals surface area (Å²) >= 11 is 0. The average molecular weight is 269 g/mol. The summed E-state index contributed by atoms with van der Waals surface area (Å²) in [7, 11) is 2.74. The van der Waals surface area contributed by atoms with Gasteiger partial charge in [0.05, 0.1) is 6.08 Å². The first kappa shape index (κ1) is 14.0. The molecule has 0 fully saturated rings. The van der Waals surface area contributed by atoms with Crippen LogP contribution in [0.4, 0.5) is 5.69 Å². The van der Waals surface area contributed by atoms with E-state index in [4.69, 9.17) is 0 Å². The highest BCUT2D eigenvalue weighted by atomic mass is 33.1. The monoisotopic (exact) mass is 269 g/mol. The van der Waals surface area contributed by atoms with Crippen molar-refractivity contribution in [2.75, 3.05) is 11.1 Å². The van der Waals surface area contributed by atoms with Gasteiger partial charge in [-0.15, -0.1) is 0 Å². The Balaban J connectivity index is 2.40. The maximum absolute atomic E-state index is 11.5. The maximum Gasteiger partial charge on any atom is 0.252 e. The number of anilines is 1. The zero-order chi connectivity index (χ0) is 12.5. The first-order chi connectivity index (χ1) is 8.22. The Bertz CT molecular complexity index is 379. The summed E-state index contributed by atoms with van der Waals surface area (Å²) in [4.78, 5) is 11.5. The molecule has 0 unspecified atom stereocenters. The lowest BCUT2D eigenvalue weighted by molar-refractivity contribution is -0.112. The molecule has 0 atom stereocenters. The summed E-state index contributed by atoms with van der Waals surface area (Å²) in [5.41, 5.74) is 0.716. The SMILES string of the molecule is CCCSS/C(O)=C/C(=O)Nc1ccccc1. The largest absolute Gasteiger partial charge is 0.501 e. The summed E-state index contributed by atoms with van der Waals surface area (Å²) in [6.45, 7) is 2.07. The van der Waals surface area contributed by atoms with Crippen LogP contribution in [0.25, 0.3) is 0 Å². The molecule has 0 radical (unpaired) electrons. The standard InChI is InChI=1S/C12H15NO2S2/c1-2-8-16-17-12(15)9-11(14)13-10-6-4-3-5-7-10/h3-7,9,15H,2,8H2,1H3,(H,13,14)/b12-9+. The third-order valence-electron chi connectivity index (χ3n) is 1.73. The highest BCUT2D eigenvalue weighted by Crippen LogP contribution is 2.28. The van der Waals surface area contributed by atoms with Crippen LogP contribution in [0.1, 0.15) is 13.3 Å². The molecule has 1 aromatic carbocycles. The number of aliphatic hydroxyl groups excluding tert-OH is 1. The van der Waals surface area contributed by atoms with E-state index in [1.165, 1.54) is 27.7 Å². The second kappa shape index (κ2) is 8.08. The minimum atomic E-state index is -0.321. The summed E-state index contributed by atoms with van der Waals surface area (Å²) in [5.74, 6) is 0.626. The summed E-state index contributed by atoms with van der Waals surface area (Å²) in [5, 5.41) is 12.2. The Kier molecular flexibility index (Phi) is 6.65. The average Bonchev–Trinajstić information content (AvgIpc) is 2.30. The molecule has 0 bridgehead atoms. The van der Waals surface area contributed by atoms with Gasteiger partial charge in [-0.25, -0.2) is 0 Å². The normalized spacial score (nSPS) is 11.2. The van der Waals surface area contributed by atoms with Gasteiger partial charge >= 0.3 is 0 Å². The van der Waals surface area contributed by atoms with Gasteiger partial charge in [-0.3, -0.25) is 4.79 Å². The number of hydrogen-bond donors (Lipinski definition) is 2. The summed E-state index contributed by atoms with van der Waals surface area (Å²) in [6.07, 6.45) is 2.24. The van der Waals surface area contributed by atoms with Gasteiger partial charge in [0.2, 0.25) is 0 Å². The Morgan fingerprint density at radius 3 is 2.76 bits per heavy atom. The van der Waals surface area contributed by atoms with Crippen LogP contribution in [0.15, 0.2) is 41.5 Å². The third kappa shape index (κ3) is 6.28. The molecule has 0 aliphatic rings. The lowest BCUT2D eigenvalue weighted by Gasteiger charge is -2.02. The van der Waals surface area contributed by atoms with E-state index in [-0.39, 0.29) is 11.0 Å². The lowest BCUT2D eigenvalue weighted by atomic mass is 10.3. The van der Waals surface area contributed by atoms with Gasteiger partial charge in [-0.05, 0) is 29.3 Å². The molecule has 1 amide bonds. The number of rotatable bonds is 6. The van der Waals surface area contributed by atoms with Crippen LogP contribution in [0.3, 0.4) is 0 Å². The van der Waals surface area contributed by atoms with Crippen molar-refractivity contribution < 1.29 is 9.90 Å². The zero-order valence-corrected chi connectivity index (χ0v) is 11.2. The molecule has 17 heavy (non-hydrogen) atoms. The van der Waals surface area contributed by atoms with Crippen LogP contribution < -0.4 is 5.32 Å². The Morgan fingerprint density at radius 1 is 1.41 bits per heavy atom. The fraction of sp³-hybridized carbons (Fsp3) is 0.250. The number of carbonyl (C=O) groups is 1. The van der Waals surface area contributed by atoms with E-state index in [0.29, 0.717) is 5.69 Å². The van der Waals surface area contributed by atoms with Crippen molar-refractivity contribution in [3.8, 4) is 0 Å². The van der Waals surface area contributed by atoms with Crippen molar-refractivity contribution in [1.29, 1.82) is 0 Å². The Morgan fingerprint density at radius 2 is 2.12 bits per heavy atom. The van der Waals surface area contributed by atoms with Crippen molar-refractivity contribution in [3.63, 3.8) is 0 Å². The van der Waals surface area contributed by atoms with E-state index < -0.39 is 0 Å². The molecule has 5 heteroatoms.